The molecule has 2 aromatic carbocycles. The number of nitrogens with one attached hydrogen (secondary N) is 1. The molecule has 0 aromatic heterocycles. The third-order valence-corrected chi connectivity index (χ3v) is 9.04. The molecular weight excluding hydrogens is 462 g/mol. The zero-order valence-corrected chi connectivity index (χ0v) is 21.4. The summed E-state index contributed by atoms with van der Waals surface area (Å²) in [5.74, 6) is -0.640. The van der Waals surface area contributed by atoms with E-state index < -0.39 is 15.6 Å². The van der Waals surface area contributed by atoms with Crippen molar-refractivity contribution in [1.82, 2.24) is 14.5 Å². The summed E-state index contributed by atoms with van der Waals surface area (Å²) >= 11 is 0. The molecule has 2 amide bonds. The summed E-state index contributed by atoms with van der Waals surface area (Å²) in [6.07, 6.45) is 5.89. The molecule has 1 aliphatic carbocycles. The molecule has 1 saturated carbocycles. The monoisotopic (exact) mass is 497 g/mol. The van der Waals surface area contributed by atoms with Gasteiger partial charge in [-0.15, -0.1) is 0 Å². The number of carbonyl (C=O) groups is 2. The molecule has 2 fully saturated rings. The Balaban J connectivity index is 1.64. The van der Waals surface area contributed by atoms with E-state index in [0.29, 0.717) is 6.54 Å². The lowest BCUT2D eigenvalue weighted by Crippen LogP contribution is -2.71. The average molecular weight is 498 g/mol. The van der Waals surface area contributed by atoms with Gasteiger partial charge in [-0.1, -0.05) is 73.7 Å². The van der Waals surface area contributed by atoms with Crippen LogP contribution in [0.2, 0.25) is 0 Å². The SMILES string of the molecule is Cc1ccc(CNC(=O)[C@]2(C)CN(S(=O)(=O)c3ccccc3)CC(=O)N2C2CCCCCC2)cc1. The standard InChI is InChI=1S/C27H35N3O4S/c1-21-14-16-22(17-15-21)18-28-26(32)27(2)20-29(35(33,34)24-12-8-5-9-13-24)19-25(31)30(27)23-10-6-3-4-7-11-23/h5,8-9,12-17,23H,3-4,6-7,10-11,18-20H2,1-2H3,(H,28,32)/t27-/m0/s1. The van der Waals surface area contributed by atoms with E-state index in [-0.39, 0.29) is 35.8 Å². The maximum absolute atomic E-state index is 13.7. The molecule has 0 radical (unpaired) electrons. The maximum Gasteiger partial charge on any atom is 0.247 e. The molecule has 4 rings (SSSR count). The molecule has 0 unspecified atom stereocenters. The number of rotatable bonds is 6. The molecule has 1 N–H and O–H groups in total. The van der Waals surface area contributed by atoms with Crippen molar-refractivity contribution in [3.8, 4) is 0 Å². The predicted molar refractivity (Wildman–Crippen MR) is 135 cm³/mol. The summed E-state index contributed by atoms with van der Waals surface area (Å²) in [4.78, 5) is 29.1. The predicted octanol–water partition coefficient (Wildman–Crippen LogP) is 3.63. The first-order valence-electron chi connectivity index (χ1n) is 12.4. The average Bonchev–Trinajstić information content (AvgIpc) is 3.13. The van der Waals surface area contributed by atoms with Gasteiger partial charge in [0.1, 0.15) is 5.54 Å². The molecule has 8 heteroatoms. The number of benzene rings is 2. The van der Waals surface area contributed by atoms with Crippen molar-refractivity contribution >= 4 is 21.8 Å². The Kier molecular flexibility index (Phi) is 7.62. The highest BCUT2D eigenvalue weighted by Gasteiger charge is 2.52. The fourth-order valence-corrected chi connectivity index (χ4v) is 6.77. The van der Waals surface area contributed by atoms with E-state index in [1.807, 2.05) is 31.2 Å². The van der Waals surface area contributed by atoms with Gasteiger partial charge in [-0.2, -0.15) is 4.31 Å². The van der Waals surface area contributed by atoms with Crippen LogP contribution < -0.4 is 5.32 Å². The molecular formula is C27H35N3O4S. The number of nitrogens with zero attached hydrogens (tertiary/aromatic N) is 2. The van der Waals surface area contributed by atoms with Crippen LogP contribution in [0.1, 0.15) is 56.6 Å². The molecule has 1 saturated heterocycles. The normalized spacial score (nSPS) is 22.6. The van der Waals surface area contributed by atoms with E-state index >= 15 is 0 Å². The minimum Gasteiger partial charge on any atom is -0.350 e. The summed E-state index contributed by atoms with van der Waals surface area (Å²) < 4.78 is 28.0. The topological polar surface area (TPSA) is 86.8 Å². The summed E-state index contributed by atoms with van der Waals surface area (Å²) in [5, 5.41) is 2.99. The zero-order valence-electron chi connectivity index (χ0n) is 20.6. The molecule has 1 heterocycles. The van der Waals surface area contributed by atoms with Gasteiger partial charge in [0.2, 0.25) is 21.8 Å². The second-order valence-electron chi connectivity index (χ2n) is 9.94. The summed E-state index contributed by atoms with van der Waals surface area (Å²) in [5.41, 5.74) is 0.771. The number of piperazine rings is 1. The molecule has 1 atom stereocenters. The Labute approximate surface area is 208 Å². The van der Waals surface area contributed by atoms with Crippen molar-refractivity contribution in [2.75, 3.05) is 13.1 Å². The number of hydrogen-bond acceptors (Lipinski definition) is 4. The number of carbonyl (C=O) groups excluding carboxylic acids is 2. The minimum atomic E-state index is -3.93. The van der Waals surface area contributed by atoms with Crippen LogP contribution in [-0.4, -0.2) is 54.1 Å². The van der Waals surface area contributed by atoms with Gasteiger partial charge in [-0.25, -0.2) is 8.42 Å². The van der Waals surface area contributed by atoms with Crippen LogP contribution in [0.4, 0.5) is 0 Å². The summed E-state index contributed by atoms with van der Waals surface area (Å²) in [6, 6.07) is 15.9. The lowest BCUT2D eigenvalue weighted by molar-refractivity contribution is -0.157. The van der Waals surface area contributed by atoms with Gasteiger partial charge in [0.25, 0.3) is 0 Å². The quantitative estimate of drug-likeness (QED) is 0.618. The van der Waals surface area contributed by atoms with Gasteiger partial charge < -0.3 is 10.2 Å². The molecule has 0 bridgehead atoms. The smallest absolute Gasteiger partial charge is 0.247 e. The Bertz CT molecular complexity index is 1140. The number of amides is 2. The van der Waals surface area contributed by atoms with E-state index in [0.717, 1.165) is 49.7 Å². The van der Waals surface area contributed by atoms with Crippen LogP contribution in [0.3, 0.4) is 0 Å². The molecule has 0 spiro atoms. The Morgan fingerprint density at radius 1 is 1.00 bits per heavy atom. The van der Waals surface area contributed by atoms with Crippen molar-refractivity contribution in [2.24, 2.45) is 0 Å². The largest absolute Gasteiger partial charge is 0.350 e. The van der Waals surface area contributed by atoms with Crippen molar-refractivity contribution < 1.29 is 18.0 Å². The minimum absolute atomic E-state index is 0.0679. The molecule has 2 aliphatic rings. The van der Waals surface area contributed by atoms with Crippen molar-refractivity contribution in [1.29, 1.82) is 0 Å². The highest BCUT2D eigenvalue weighted by Crippen LogP contribution is 2.33. The van der Waals surface area contributed by atoms with Crippen molar-refractivity contribution in [2.45, 2.75) is 75.4 Å². The van der Waals surface area contributed by atoms with E-state index in [1.54, 1.807) is 30.0 Å². The van der Waals surface area contributed by atoms with Gasteiger partial charge >= 0.3 is 0 Å². The molecule has 1 aliphatic heterocycles. The molecule has 188 valence electrons. The lowest BCUT2D eigenvalue weighted by Gasteiger charge is -2.50. The lowest BCUT2D eigenvalue weighted by atomic mass is 9.91. The highest BCUT2D eigenvalue weighted by atomic mass is 32.2. The molecule has 2 aromatic rings. The number of sulfonamides is 1. The highest BCUT2D eigenvalue weighted by molar-refractivity contribution is 7.89. The Morgan fingerprint density at radius 2 is 1.63 bits per heavy atom. The number of aryl methyl sites for hydroxylation is 1. The Hall–Kier alpha value is -2.71. The van der Waals surface area contributed by atoms with Crippen LogP contribution in [0.15, 0.2) is 59.5 Å². The Morgan fingerprint density at radius 3 is 2.26 bits per heavy atom. The first kappa shape index (κ1) is 25.4. The molecule has 7 nitrogen and oxygen atoms in total. The first-order chi connectivity index (χ1) is 16.7. The fraction of sp³-hybridized carbons (Fsp3) is 0.481. The molecule has 35 heavy (non-hydrogen) atoms. The maximum atomic E-state index is 13.7. The zero-order chi connectivity index (χ0) is 25.1. The van der Waals surface area contributed by atoms with Crippen LogP contribution in [0.25, 0.3) is 0 Å². The second-order valence-corrected chi connectivity index (χ2v) is 11.9. The van der Waals surface area contributed by atoms with E-state index in [1.165, 1.54) is 16.4 Å². The van der Waals surface area contributed by atoms with Gasteiger partial charge in [-0.3, -0.25) is 9.59 Å². The summed E-state index contributed by atoms with van der Waals surface area (Å²) in [6.45, 7) is 3.70. The fourth-order valence-electron chi connectivity index (χ4n) is 5.27. The van der Waals surface area contributed by atoms with E-state index in [4.69, 9.17) is 0 Å². The summed E-state index contributed by atoms with van der Waals surface area (Å²) in [7, 11) is -3.93. The second kappa shape index (κ2) is 10.5. The first-order valence-corrected chi connectivity index (χ1v) is 13.9. The van der Waals surface area contributed by atoms with Crippen LogP contribution in [0.5, 0.6) is 0 Å². The van der Waals surface area contributed by atoms with Crippen LogP contribution in [-0.2, 0) is 26.2 Å². The van der Waals surface area contributed by atoms with Gasteiger partial charge in [0.15, 0.2) is 0 Å². The van der Waals surface area contributed by atoms with Gasteiger partial charge in [0.05, 0.1) is 11.4 Å². The van der Waals surface area contributed by atoms with Crippen molar-refractivity contribution in [3.63, 3.8) is 0 Å². The van der Waals surface area contributed by atoms with Crippen molar-refractivity contribution in [3.05, 3.63) is 65.7 Å². The third kappa shape index (κ3) is 5.43. The van der Waals surface area contributed by atoms with Gasteiger partial charge in [0, 0.05) is 19.1 Å². The number of hydrogen-bond donors (Lipinski definition) is 1. The van der Waals surface area contributed by atoms with Crippen LogP contribution >= 0.6 is 0 Å². The van der Waals surface area contributed by atoms with E-state index in [2.05, 4.69) is 5.32 Å². The van der Waals surface area contributed by atoms with E-state index in [9.17, 15) is 18.0 Å². The third-order valence-electron chi connectivity index (χ3n) is 7.23. The van der Waals surface area contributed by atoms with Crippen LogP contribution in [0, 0.1) is 6.92 Å². The van der Waals surface area contributed by atoms with Gasteiger partial charge in [-0.05, 0) is 44.4 Å².